The molecule has 0 aliphatic carbocycles. The first kappa shape index (κ1) is 15.3. The highest BCUT2D eigenvalue weighted by atomic mass is 16.5. The van der Waals surface area contributed by atoms with E-state index in [-0.39, 0.29) is 24.9 Å². The highest BCUT2D eigenvalue weighted by molar-refractivity contribution is 5.81. The SMILES string of the molecule is COc1ccccc1CN(C)C(=O)CN1CCNC(=O)C1. The Balaban J connectivity index is 1.91. The zero-order chi connectivity index (χ0) is 15.2. The predicted octanol–water partition coefficient (Wildman–Crippen LogP) is 0.0854. The molecular formula is C15H21N3O3. The summed E-state index contributed by atoms with van der Waals surface area (Å²) in [6.45, 7) is 2.35. The van der Waals surface area contributed by atoms with Crippen LogP contribution in [-0.2, 0) is 16.1 Å². The van der Waals surface area contributed by atoms with Gasteiger partial charge >= 0.3 is 0 Å². The first-order chi connectivity index (χ1) is 10.1. The number of piperazine rings is 1. The Morgan fingerprint density at radius 2 is 2.19 bits per heavy atom. The lowest BCUT2D eigenvalue weighted by Crippen LogP contribution is -2.50. The maximum absolute atomic E-state index is 12.2. The van der Waals surface area contributed by atoms with Crippen molar-refractivity contribution in [1.82, 2.24) is 15.1 Å². The van der Waals surface area contributed by atoms with Gasteiger partial charge < -0.3 is 15.0 Å². The molecule has 1 aliphatic heterocycles. The quantitative estimate of drug-likeness (QED) is 0.835. The summed E-state index contributed by atoms with van der Waals surface area (Å²) in [6.07, 6.45) is 0. The predicted molar refractivity (Wildman–Crippen MR) is 78.9 cm³/mol. The molecule has 1 aromatic rings. The van der Waals surface area contributed by atoms with Crippen molar-refractivity contribution in [2.24, 2.45) is 0 Å². The Kier molecular flexibility index (Phi) is 5.16. The molecule has 114 valence electrons. The third kappa shape index (κ3) is 4.19. The van der Waals surface area contributed by atoms with Gasteiger partial charge in [-0.1, -0.05) is 18.2 Å². The number of hydrogen-bond acceptors (Lipinski definition) is 4. The summed E-state index contributed by atoms with van der Waals surface area (Å²) >= 11 is 0. The first-order valence-electron chi connectivity index (χ1n) is 6.95. The molecule has 0 bridgehead atoms. The van der Waals surface area contributed by atoms with Crippen LogP contribution in [0.25, 0.3) is 0 Å². The van der Waals surface area contributed by atoms with Gasteiger partial charge in [0, 0.05) is 32.2 Å². The maximum atomic E-state index is 12.2. The van der Waals surface area contributed by atoms with E-state index in [0.29, 0.717) is 19.6 Å². The summed E-state index contributed by atoms with van der Waals surface area (Å²) in [5, 5.41) is 2.75. The lowest BCUT2D eigenvalue weighted by atomic mass is 10.2. The number of likely N-dealkylation sites (N-methyl/N-ethyl adjacent to an activating group) is 1. The van der Waals surface area contributed by atoms with E-state index in [4.69, 9.17) is 4.74 Å². The molecule has 2 rings (SSSR count). The van der Waals surface area contributed by atoms with Crippen molar-refractivity contribution in [2.45, 2.75) is 6.54 Å². The van der Waals surface area contributed by atoms with Crippen LogP contribution in [0.15, 0.2) is 24.3 Å². The molecule has 0 saturated carbocycles. The molecule has 1 aromatic carbocycles. The first-order valence-corrected chi connectivity index (χ1v) is 6.95. The van der Waals surface area contributed by atoms with Crippen molar-refractivity contribution < 1.29 is 14.3 Å². The minimum absolute atomic E-state index is 0.00407. The van der Waals surface area contributed by atoms with Crippen LogP contribution in [0.2, 0.25) is 0 Å². The molecule has 1 saturated heterocycles. The molecule has 1 N–H and O–H groups in total. The van der Waals surface area contributed by atoms with Gasteiger partial charge in [-0.2, -0.15) is 0 Å². The summed E-state index contributed by atoms with van der Waals surface area (Å²) in [6, 6.07) is 7.64. The molecule has 0 radical (unpaired) electrons. The molecule has 0 unspecified atom stereocenters. The van der Waals surface area contributed by atoms with E-state index in [2.05, 4.69) is 5.32 Å². The fraction of sp³-hybridized carbons (Fsp3) is 0.467. The normalized spacial score (nSPS) is 15.4. The topological polar surface area (TPSA) is 61.9 Å². The summed E-state index contributed by atoms with van der Waals surface area (Å²) in [7, 11) is 3.38. The summed E-state index contributed by atoms with van der Waals surface area (Å²) in [5.41, 5.74) is 0.965. The molecule has 6 nitrogen and oxygen atoms in total. The third-order valence-corrected chi connectivity index (χ3v) is 3.50. The van der Waals surface area contributed by atoms with Crippen LogP contribution in [0.3, 0.4) is 0 Å². The largest absolute Gasteiger partial charge is 0.496 e. The van der Waals surface area contributed by atoms with Gasteiger partial charge in [-0.05, 0) is 6.07 Å². The second-order valence-electron chi connectivity index (χ2n) is 5.12. The van der Waals surface area contributed by atoms with Crippen molar-refractivity contribution >= 4 is 11.8 Å². The number of nitrogens with zero attached hydrogens (tertiary/aromatic N) is 2. The highest BCUT2D eigenvalue weighted by Gasteiger charge is 2.20. The van der Waals surface area contributed by atoms with Crippen LogP contribution in [0, 0.1) is 0 Å². The average molecular weight is 291 g/mol. The van der Waals surface area contributed by atoms with E-state index in [1.807, 2.05) is 29.2 Å². The number of amides is 2. The van der Waals surface area contributed by atoms with E-state index in [0.717, 1.165) is 11.3 Å². The van der Waals surface area contributed by atoms with E-state index in [1.165, 1.54) is 0 Å². The number of carbonyl (C=O) groups excluding carboxylic acids is 2. The van der Waals surface area contributed by atoms with Crippen LogP contribution in [0.4, 0.5) is 0 Å². The summed E-state index contributed by atoms with van der Waals surface area (Å²) in [4.78, 5) is 27.1. The Labute approximate surface area is 124 Å². The highest BCUT2D eigenvalue weighted by Crippen LogP contribution is 2.18. The van der Waals surface area contributed by atoms with E-state index >= 15 is 0 Å². The Hall–Kier alpha value is -2.08. The van der Waals surface area contributed by atoms with Gasteiger partial charge in [-0.25, -0.2) is 0 Å². The molecule has 0 spiro atoms. The lowest BCUT2D eigenvalue weighted by molar-refractivity contribution is -0.133. The molecular weight excluding hydrogens is 270 g/mol. The zero-order valence-corrected chi connectivity index (χ0v) is 12.5. The Morgan fingerprint density at radius 3 is 2.90 bits per heavy atom. The lowest BCUT2D eigenvalue weighted by Gasteiger charge is -2.28. The number of ether oxygens (including phenoxy) is 1. The number of benzene rings is 1. The Bertz CT molecular complexity index is 519. The standard InChI is InChI=1S/C15H21N3O3/c1-17(9-12-5-3-4-6-13(12)21-2)15(20)11-18-8-7-16-14(19)10-18/h3-6H,7-11H2,1-2H3,(H,16,19). The van der Waals surface area contributed by atoms with Gasteiger partial charge in [0.05, 0.1) is 20.2 Å². The van der Waals surface area contributed by atoms with Gasteiger partial charge in [-0.3, -0.25) is 14.5 Å². The second kappa shape index (κ2) is 7.08. The molecule has 1 fully saturated rings. The van der Waals surface area contributed by atoms with Crippen LogP contribution in [0.1, 0.15) is 5.56 Å². The van der Waals surface area contributed by atoms with Crippen molar-refractivity contribution in [1.29, 1.82) is 0 Å². The van der Waals surface area contributed by atoms with Crippen LogP contribution in [-0.4, -0.2) is 62.0 Å². The molecule has 0 atom stereocenters. The van der Waals surface area contributed by atoms with Crippen LogP contribution < -0.4 is 10.1 Å². The average Bonchev–Trinajstić information content (AvgIpc) is 2.47. The maximum Gasteiger partial charge on any atom is 0.236 e. The van der Waals surface area contributed by atoms with Crippen molar-refractivity contribution in [3.8, 4) is 5.75 Å². The molecule has 1 aliphatic rings. The fourth-order valence-electron chi connectivity index (χ4n) is 2.32. The number of rotatable bonds is 5. The number of methoxy groups -OCH3 is 1. The van der Waals surface area contributed by atoms with Crippen molar-refractivity contribution in [3.05, 3.63) is 29.8 Å². The monoisotopic (exact) mass is 291 g/mol. The van der Waals surface area contributed by atoms with E-state index in [1.54, 1.807) is 19.1 Å². The summed E-state index contributed by atoms with van der Waals surface area (Å²) < 4.78 is 5.29. The minimum Gasteiger partial charge on any atom is -0.496 e. The molecule has 6 heteroatoms. The van der Waals surface area contributed by atoms with Crippen LogP contribution >= 0.6 is 0 Å². The number of nitrogens with one attached hydrogen (secondary N) is 1. The van der Waals surface area contributed by atoms with Crippen molar-refractivity contribution in [3.63, 3.8) is 0 Å². The number of hydrogen-bond donors (Lipinski definition) is 1. The van der Waals surface area contributed by atoms with Gasteiger partial charge in [0.15, 0.2) is 0 Å². The fourth-order valence-corrected chi connectivity index (χ4v) is 2.32. The molecule has 0 aromatic heterocycles. The number of para-hydroxylation sites is 1. The van der Waals surface area contributed by atoms with E-state index in [9.17, 15) is 9.59 Å². The Morgan fingerprint density at radius 1 is 1.43 bits per heavy atom. The van der Waals surface area contributed by atoms with Gasteiger partial charge in [-0.15, -0.1) is 0 Å². The van der Waals surface area contributed by atoms with Gasteiger partial charge in [0.1, 0.15) is 5.75 Å². The van der Waals surface area contributed by atoms with E-state index < -0.39 is 0 Å². The third-order valence-electron chi connectivity index (χ3n) is 3.50. The zero-order valence-electron chi connectivity index (χ0n) is 12.5. The van der Waals surface area contributed by atoms with Crippen LogP contribution in [0.5, 0.6) is 5.75 Å². The summed E-state index contributed by atoms with van der Waals surface area (Å²) in [5.74, 6) is 0.742. The molecule has 21 heavy (non-hydrogen) atoms. The van der Waals surface area contributed by atoms with Gasteiger partial charge in [0.2, 0.25) is 11.8 Å². The minimum atomic E-state index is -0.0265. The number of carbonyl (C=O) groups is 2. The smallest absolute Gasteiger partial charge is 0.236 e. The molecule has 2 amide bonds. The van der Waals surface area contributed by atoms with Gasteiger partial charge in [0.25, 0.3) is 0 Å². The van der Waals surface area contributed by atoms with Crippen molar-refractivity contribution in [2.75, 3.05) is 40.3 Å². The second-order valence-corrected chi connectivity index (χ2v) is 5.12. The molecule has 1 heterocycles.